The third kappa shape index (κ3) is 4.55. The van der Waals surface area contributed by atoms with Gasteiger partial charge in [-0.15, -0.1) is 5.10 Å². The number of nitrogens with zero attached hydrogens (tertiary/aromatic N) is 2. The number of rotatable bonds is 5. The summed E-state index contributed by atoms with van der Waals surface area (Å²) in [6, 6.07) is 17.8. The summed E-state index contributed by atoms with van der Waals surface area (Å²) in [6.07, 6.45) is 0. The number of hydrogen-bond donors (Lipinski definition) is 1. The number of ether oxygens (including phenoxy) is 1. The maximum absolute atomic E-state index is 12.3. The molecule has 2 aromatic carbocycles. The Morgan fingerprint density at radius 3 is 2.68 bits per heavy atom. The molecule has 5 nitrogen and oxygen atoms in total. The lowest BCUT2D eigenvalue weighted by atomic mass is 10.2. The lowest BCUT2D eigenvalue weighted by molar-refractivity contribution is 0.0950. The van der Waals surface area contributed by atoms with Crippen molar-refractivity contribution in [1.29, 1.82) is 0 Å². The fourth-order valence-electron chi connectivity index (χ4n) is 2.18. The van der Waals surface area contributed by atoms with Gasteiger partial charge in [0.1, 0.15) is 5.75 Å². The first-order valence-corrected chi connectivity index (χ1v) is 8.09. The summed E-state index contributed by atoms with van der Waals surface area (Å²) in [4.78, 5) is 12.3. The standard InChI is InChI=1S/C19H16ClN3O2/c1-13-9-10-18(23-22-13)25-16-7-4-6-14(11-16)19(24)21-12-15-5-2-3-8-17(15)20/h2-11H,12H2,1H3,(H,21,24). The molecule has 0 saturated carbocycles. The maximum atomic E-state index is 12.3. The fraction of sp³-hybridized carbons (Fsp3) is 0.105. The zero-order chi connectivity index (χ0) is 17.6. The molecule has 25 heavy (non-hydrogen) atoms. The second kappa shape index (κ2) is 7.77. The summed E-state index contributed by atoms with van der Waals surface area (Å²) in [7, 11) is 0. The Morgan fingerprint density at radius 2 is 1.92 bits per heavy atom. The Hall–Kier alpha value is -2.92. The van der Waals surface area contributed by atoms with E-state index in [0.29, 0.717) is 28.8 Å². The van der Waals surface area contributed by atoms with Gasteiger partial charge in [0, 0.05) is 23.2 Å². The number of aryl methyl sites for hydroxylation is 1. The second-order valence-corrected chi connectivity index (χ2v) is 5.82. The summed E-state index contributed by atoms with van der Waals surface area (Å²) in [5, 5.41) is 11.4. The van der Waals surface area contributed by atoms with Gasteiger partial charge < -0.3 is 10.1 Å². The Kier molecular flexibility index (Phi) is 5.26. The molecule has 0 fully saturated rings. The van der Waals surface area contributed by atoms with E-state index >= 15 is 0 Å². The Balaban J connectivity index is 1.67. The molecule has 6 heteroatoms. The molecule has 0 saturated heterocycles. The molecule has 1 heterocycles. The first-order chi connectivity index (χ1) is 12.1. The molecule has 0 radical (unpaired) electrons. The number of hydrogen-bond acceptors (Lipinski definition) is 4. The predicted molar refractivity (Wildman–Crippen MR) is 95.9 cm³/mol. The highest BCUT2D eigenvalue weighted by atomic mass is 35.5. The van der Waals surface area contributed by atoms with Crippen LogP contribution in [0.2, 0.25) is 5.02 Å². The molecule has 0 unspecified atom stereocenters. The Labute approximate surface area is 150 Å². The highest BCUT2D eigenvalue weighted by molar-refractivity contribution is 6.31. The molecular weight excluding hydrogens is 338 g/mol. The van der Waals surface area contributed by atoms with Gasteiger partial charge >= 0.3 is 0 Å². The van der Waals surface area contributed by atoms with Crippen LogP contribution in [0.15, 0.2) is 60.7 Å². The highest BCUT2D eigenvalue weighted by Crippen LogP contribution is 2.20. The van der Waals surface area contributed by atoms with Gasteiger partial charge in [0.15, 0.2) is 0 Å². The van der Waals surface area contributed by atoms with Crippen LogP contribution in [-0.4, -0.2) is 16.1 Å². The summed E-state index contributed by atoms with van der Waals surface area (Å²) < 4.78 is 5.63. The van der Waals surface area contributed by atoms with Gasteiger partial charge in [0.05, 0.1) is 5.69 Å². The van der Waals surface area contributed by atoms with Gasteiger partial charge in [-0.25, -0.2) is 0 Å². The third-order valence-corrected chi connectivity index (χ3v) is 3.86. The van der Waals surface area contributed by atoms with Crippen molar-refractivity contribution in [3.05, 3.63) is 82.5 Å². The number of halogens is 1. The largest absolute Gasteiger partial charge is 0.438 e. The van der Waals surface area contributed by atoms with Crippen LogP contribution in [0.25, 0.3) is 0 Å². The zero-order valence-corrected chi connectivity index (χ0v) is 14.3. The minimum atomic E-state index is -0.208. The first kappa shape index (κ1) is 16.9. The van der Waals surface area contributed by atoms with E-state index in [-0.39, 0.29) is 5.91 Å². The van der Waals surface area contributed by atoms with Gasteiger partial charge in [0.2, 0.25) is 5.88 Å². The van der Waals surface area contributed by atoms with Crippen molar-refractivity contribution in [1.82, 2.24) is 15.5 Å². The van der Waals surface area contributed by atoms with E-state index < -0.39 is 0 Å². The van der Waals surface area contributed by atoms with E-state index in [2.05, 4.69) is 15.5 Å². The van der Waals surface area contributed by atoms with Crippen molar-refractivity contribution in [3.63, 3.8) is 0 Å². The lowest BCUT2D eigenvalue weighted by Crippen LogP contribution is -2.22. The van der Waals surface area contributed by atoms with E-state index in [1.807, 2.05) is 31.2 Å². The average molecular weight is 354 g/mol. The van der Waals surface area contributed by atoms with E-state index in [1.165, 1.54) is 0 Å². The van der Waals surface area contributed by atoms with Crippen LogP contribution >= 0.6 is 11.6 Å². The molecule has 0 aliphatic heterocycles. The molecule has 126 valence electrons. The molecule has 0 spiro atoms. The van der Waals surface area contributed by atoms with Gasteiger partial charge in [-0.3, -0.25) is 4.79 Å². The zero-order valence-electron chi connectivity index (χ0n) is 13.6. The molecule has 0 aliphatic rings. The quantitative estimate of drug-likeness (QED) is 0.748. The number of amides is 1. The van der Waals surface area contributed by atoms with Crippen LogP contribution in [0.4, 0.5) is 0 Å². The topological polar surface area (TPSA) is 64.1 Å². The van der Waals surface area contributed by atoms with Gasteiger partial charge in [-0.1, -0.05) is 35.9 Å². The normalized spacial score (nSPS) is 10.3. The van der Waals surface area contributed by atoms with Crippen molar-refractivity contribution in [2.45, 2.75) is 13.5 Å². The number of benzene rings is 2. The lowest BCUT2D eigenvalue weighted by Gasteiger charge is -2.09. The monoisotopic (exact) mass is 353 g/mol. The van der Waals surface area contributed by atoms with E-state index in [0.717, 1.165) is 11.3 Å². The highest BCUT2D eigenvalue weighted by Gasteiger charge is 2.08. The molecular formula is C19H16ClN3O2. The van der Waals surface area contributed by atoms with Gasteiger partial charge in [-0.05, 0) is 42.8 Å². The second-order valence-electron chi connectivity index (χ2n) is 5.42. The van der Waals surface area contributed by atoms with Gasteiger partial charge in [-0.2, -0.15) is 5.10 Å². The molecule has 0 bridgehead atoms. The van der Waals surface area contributed by atoms with E-state index in [4.69, 9.17) is 16.3 Å². The summed E-state index contributed by atoms with van der Waals surface area (Å²) >= 11 is 6.10. The summed E-state index contributed by atoms with van der Waals surface area (Å²) in [5.74, 6) is 0.683. The number of nitrogens with one attached hydrogen (secondary N) is 1. The molecule has 1 amide bonds. The number of aromatic nitrogens is 2. The molecule has 3 aromatic rings. The molecule has 0 atom stereocenters. The van der Waals surface area contributed by atoms with E-state index in [1.54, 1.807) is 36.4 Å². The number of carbonyl (C=O) groups excluding carboxylic acids is 1. The van der Waals surface area contributed by atoms with Gasteiger partial charge in [0.25, 0.3) is 5.91 Å². The Bertz CT molecular complexity index is 882. The smallest absolute Gasteiger partial charge is 0.251 e. The molecule has 3 rings (SSSR count). The number of carbonyl (C=O) groups is 1. The SMILES string of the molecule is Cc1ccc(Oc2cccc(C(=O)NCc3ccccc3Cl)c2)nn1. The van der Waals surface area contributed by atoms with Crippen molar-refractivity contribution < 1.29 is 9.53 Å². The van der Waals surface area contributed by atoms with Crippen LogP contribution in [0.3, 0.4) is 0 Å². The minimum Gasteiger partial charge on any atom is -0.438 e. The van der Waals surface area contributed by atoms with Crippen LogP contribution in [-0.2, 0) is 6.54 Å². The average Bonchev–Trinajstić information content (AvgIpc) is 2.63. The van der Waals surface area contributed by atoms with Crippen LogP contribution in [0, 0.1) is 6.92 Å². The van der Waals surface area contributed by atoms with Crippen molar-refractivity contribution in [3.8, 4) is 11.6 Å². The fourth-order valence-corrected chi connectivity index (χ4v) is 2.38. The molecule has 0 aliphatic carbocycles. The van der Waals surface area contributed by atoms with E-state index in [9.17, 15) is 4.79 Å². The van der Waals surface area contributed by atoms with Crippen molar-refractivity contribution in [2.24, 2.45) is 0 Å². The minimum absolute atomic E-state index is 0.208. The molecule has 1 N–H and O–H groups in total. The maximum Gasteiger partial charge on any atom is 0.251 e. The van der Waals surface area contributed by atoms with Crippen molar-refractivity contribution >= 4 is 17.5 Å². The summed E-state index contributed by atoms with van der Waals surface area (Å²) in [6.45, 7) is 2.20. The van der Waals surface area contributed by atoms with Crippen LogP contribution < -0.4 is 10.1 Å². The third-order valence-electron chi connectivity index (χ3n) is 3.49. The first-order valence-electron chi connectivity index (χ1n) is 7.72. The van der Waals surface area contributed by atoms with Crippen molar-refractivity contribution in [2.75, 3.05) is 0 Å². The van der Waals surface area contributed by atoms with Crippen LogP contribution in [0.5, 0.6) is 11.6 Å². The predicted octanol–water partition coefficient (Wildman–Crippen LogP) is 4.16. The Morgan fingerprint density at radius 1 is 1.08 bits per heavy atom. The molecule has 1 aromatic heterocycles. The van der Waals surface area contributed by atoms with Crippen LogP contribution in [0.1, 0.15) is 21.6 Å². The summed E-state index contributed by atoms with van der Waals surface area (Å²) in [5.41, 5.74) is 2.16.